The fourth-order valence-electron chi connectivity index (χ4n) is 0.925. The van der Waals surface area contributed by atoms with Crippen LogP contribution in [0.2, 0.25) is 0 Å². The molecule has 0 aliphatic carbocycles. The highest BCUT2D eigenvalue weighted by atomic mass is 32.1. The van der Waals surface area contributed by atoms with E-state index in [0.717, 1.165) is 11.4 Å². The summed E-state index contributed by atoms with van der Waals surface area (Å²) in [5.74, 6) is 0.473. The number of hydrogen-bond donors (Lipinski definition) is 1. The zero-order valence-electron chi connectivity index (χ0n) is 7.87. The summed E-state index contributed by atoms with van der Waals surface area (Å²) in [6, 6.07) is 0.107. The fraction of sp³-hybridized carbons (Fsp3) is 0.667. The van der Waals surface area contributed by atoms with Gasteiger partial charge in [-0.2, -0.15) is 0 Å². The second-order valence-corrected chi connectivity index (χ2v) is 4.43. The van der Waals surface area contributed by atoms with Gasteiger partial charge in [-0.15, -0.1) is 11.3 Å². The van der Waals surface area contributed by atoms with Gasteiger partial charge in [0.25, 0.3) is 0 Å². The first-order valence-corrected chi connectivity index (χ1v) is 5.17. The predicted octanol–water partition coefficient (Wildman–Crippen LogP) is 2.36. The van der Waals surface area contributed by atoms with Crippen LogP contribution >= 0.6 is 11.3 Å². The zero-order valence-corrected chi connectivity index (χ0v) is 8.69. The molecule has 2 N–H and O–H groups in total. The van der Waals surface area contributed by atoms with Crippen LogP contribution in [0.5, 0.6) is 0 Å². The van der Waals surface area contributed by atoms with Crippen molar-refractivity contribution in [2.45, 2.75) is 33.2 Å². The molecule has 0 aliphatic rings. The Morgan fingerprint density at radius 2 is 2.25 bits per heavy atom. The summed E-state index contributed by atoms with van der Waals surface area (Å²) in [7, 11) is 0. The monoisotopic (exact) mass is 184 g/mol. The lowest BCUT2D eigenvalue weighted by Gasteiger charge is -2.11. The molecule has 0 spiro atoms. The Balaban J connectivity index is 2.74. The number of nitrogens with zero attached hydrogens (tertiary/aromatic N) is 1. The van der Waals surface area contributed by atoms with Gasteiger partial charge in [-0.25, -0.2) is 4.98 Å². The Labute approximate surface area is 77.8 Å². The van der Waals surface area contributed by atoms with Gasteiger partial charge in [-0.1, -0.05) is 20.8 Å². The molecule has 1 rings (SSSR count). The normalized spacial score (nSPS) is 13.8. The molecule has 0 fully saturated rings. The van der Waals surface area contributed by atoms with Gasteiger partial charge in [0.15, 0.2) is 0 Å². The van der Waals surface area contributed by atoms with Crippen LogP contribution in [0.1, 0.15) is 36.7 Å². The van der Waals surface area contributed by atoms with E-state index in [9.17, 15) is 0 Å². The maximum Gasteiger partial charge on any atom is 0.110 e. The molecule has 2 nitrogen and oxygen atoms in total. The van der Waals surface area contributed by atoms with Crippen LogP contribution in [0.4, 0.5) is 0 Å². The summed E-state index contributed by atoms with van der Waals surface area (Å²) < 4.78 is 0. The summed E-state index contributed by atoms with van der Waals surface area (Å²) in [4.78, 5) is 5.62. The van der Waals surface area contributed by atoms with Gasteiger partial charge in [-0.05, 0) is 12.3 Å². The van der Waals surface area contributed by atoms with E-state index in [1.54, 1.807) is 11.3 Å². The number of aromatic nitrogens is 1. The molecule has 0 saturated heterocycles. The van der Waals surface area contributed by atoms with Crippen LogP contribution in [0.15, 0.2) is 6.20 Å². The van der Waals surface area contributed by atoms with Gasteiger partial charge < -0.3 is 5.73 Å². The Hall–Kier alpha value is -0.410. The molecule has 0 aromatic carbocycles. The van der Waals surface area contributed by atoms with E-state index in [4.69, 9.17) is 5.73 Å². The standard InChI is InChI=1S/C9H16N2S/c1-4-7-5-11-9(12-7)8(10)6(2)3/h5-6,8H,4,10H2,1-3H3. The quantitative estimate of drug-likeness (QED) is 0.783. The Kier molecular flexibility index (Phi) is 3.23. The lowest BCUT2D eigenvalue weighted by molar-refractivity contribution is 0.512. The minimum atomic E-state index is 0.107. The van der Waals surface area contributed by atoms with Crippen molar-refractivity contribution in [3.63, 3.8) is 0 Å². The molecule has 0 bridgehead atoms. The average Bonchev–Trinajstić information content (AvgIpc) is 2.50. The van der Waals surface area contributed by atoms with Crippen LogP contribution in [0.3, 0.4) is 0 Å². The highest BCUT2D eigenvalue weighted by molar-refractivity contribution is 7.11. The summed E-state index contributed by atoms with van der Waals surface area (Å²) >= 11 is 1.73. The van der Waals surface area contributed by atoms with Crippen LogP contribution < -0.4 is 5.73 Å². The highest BCUT2D eigenvalue weighted by Gasteiger charge is 2.13. The maximum atomic E-state index is 5.95. The predicted molar refractivity (Wildman–Crippen MR) is 53.3 cm³/mol. The van der Waals surface area contributed by atoms with E-state index in [-0.39, 0.29) is 6.04 Å². The second kappa shape index (κ2) is 4.01. The first-order valence-electron chi connectivity index (χ1n) is 4.35. The van der Waals surface area contributed by atoms with E-state index in [2.05, 4.69) is 25.8 Å². The van der Waals surface area contributed by atoms with Crippen LogP contribution in [0.25, 0.3) is 0 Å². The Bertz CT molecular complexity index is 242. The van der Waals surface area contributed by atoms with Gasteiger partial charge >= 0.3 is 0 Å². The van der Waals surface area contributed by atoms with Crippen molar-refractivity contribution in [3.05, 3.63) is 16.1 Å². The van der Waals surface area contributed by atoms with Crippen molar-refractivity contribution >= 4 is 11.3 Å². The molecule has 68 valence electrons. The number of aryl methyl sites for hydroxylation is 1. The minimum Gasteiger partial charge on any atom is -0.322 e. The molecule has 0 amide bonds. The highest BCUT2D eigenvalue weighted by Crippen LogP contribution is 2.23. The minimum absolute atomic E-state index is 0.107. The number of hydrogen-bond acceptors (Lipinski definition) is 3. The van der Waals surface area contributed by atoms with Gasteiger partial charge in [-0.3, -0.25) is 0 Å². The molecule has 1 heterocycles. The molecular formula is C9H16N2S. The van der Waals surface area contributed by atoms with Crippen molar-refractivity contribution in [1.29, 1.82) is 0 Å². The zero-order chi connectivity index (χ0) is 9.14. The molecule has 0 aliphatic heterocycles. The average molecular weight is 184 g/mol. The molecular weight excluding hydrogens is 168 g/mol. The van der Waals surface area contributed by atoms with E-state index in [0.29, 0.717) is 5.92 Å². The third-order valence-electron chi connectivity index (χ3n) is 1.92. The summed E-state index contributed by atoms with van der Waals surface area (Å²) in [5, 5.41) is 1.07. The molecule has 0 saturated carbocycles. The molecule has 1 atom stereocenters. The second-order valence-electron chi connectivity index (χ2n) is 3.29. The number of thiazole rings is 1. The molecule has 1 unspecified atom stereocenters. The summed E-state index contributed by atoms with van der Waals surface area (Å²) in [6.45, 7) is 6.38. The van der Waals surface area contributed by atoms with Crippen molar-refractivity contribution < 1.29 is 0 Å². The first kappa shape index (κ1) is 9.68. The van der Waals surface area contributed by atoms with E-state index in [1.165, 1.54) is 4.88 Å². The van der Waals surface area contributed by atoms with Crippen molar-refractivity contribution in [2.24, 2.45) is 11.7 Å². The van der Waals surface area contributed by atoms with Crippen molar-refractivity contribution in [1.82, 2.24) is 4.98 Å². The number of nitrogens with two attached hydrogens (primary N) is 1. The smallest absolute Gasteiger partial charge is 0.110 e. The van der Waals surface area contributed by atoms with Gasteiger partial charge in [0.05, 0.1) is 6.04 Å². The fourth-order valence-corrected chi connectivity index (χ4v) is 1.96. The molecule has 1 aromatic rings. The van der Waals surface area contributed by atoms with Gasteiger partial charge in [0, 0.05) is 11.1 Å². The Morgan fingerprint density at radius 1 is 1.58 bits per heavy atom. The SMILES string of the molecule is CCc1cnc(C(N)C(C)C)s1. The molecule has 3 heteroatoms. The van der Waals surface area contributed by atoms with E-state index < -0.39 is 0 Å². The largest absolute Gasteiger partial charge is 0.322 e. The van der Waals surface area contributed by atoms with Gasteiger partial charge in [0.2, 0.25) is 0 Å². The maximum absolute atomic E-state index is 5.95. The summed E-state index contributed by atoms with van der Waals surface area (Å²) in [5.41, 5.74) is 5.95. The Morgan fingerprint density at radius 3 is 2.67 bits per heavy atom. The van der Waals surface area contributed by atoms with Crippen LogP contribution in [-0.2, 0) is 6.42 Å². The lowest BCUT2D eigenvalue weighted by atomic mass is 10.1. The van der Waals surface area contributed by atoms with Gasteiger partial charge in [0.1, 0.15) is 5.01 Å². The lowest BCUT2D eigenvalue weighted by Crippen LogP contribution is -2.16. The third-order valence-corrected chi connectivity index (χ3v) is 3.17. The first-order chi connectivity index (χ1) is 5.65. The molecule has 1 aromatic heterocycles. The van der Waals surface area contributed by atoms with E-state index >= 15 is 0 Å². The summed E-state index contributed by atoms with van der Waals surface area (Å²) in [6.07, 6.45) is 2.99. The topological polar surface area (TPSA) is 38.9 Å². The van der Waals surface area contributed by atoms with Crippen molar-refractivity contribution in [2.75, 3.05) is 0 Å². The van der Waals surface area contributed by atoms with E-state index in [1.807, 2.05) is 6.20 Å². The molecule has 0 radical (unpaired) electrons. The number of rotatable bonds is 3. The third kappa shape index (κ3) is 2.05. The van der Waals surface area contributed by atoms with Crippen molar-refractivity contribution in [3.8, 4) is 0 Å². The van der Waals surface area contributed by atoms with Crippen LogP contribution in [0, 0.1) is 5.92 Å². The molecule has 12 heavy (non-hydrogen) atoms. The van der Waals surface area contributed by atoms with Crippen LogP contribution in [-0.4, -0.2) is 4.98 Å².